The Kier molecular flexibility index (Phi) is 3.62. The van der Waals surface area contributed by atoms with Crippen LogP contribution < -0.4 is 5.73 Å². The average Bonchev–Trinajstić information content (AvgIpc) is 3.12. The van der Waals surface area contributed by atoms with Crippen molar-refractivity contribution in [2.75, 3.05) is 5.73 Å². The second-order valence-corrected chi connectivity index (χ2v) is 7.14. The number of fused-ring (bicyclic) bond motifs is 1. The Balaban J connectivity index is 1.83. The van der Waals surface area contributed by atoms with Gasteiger partial charge in [0.25, 0.3) is 0 Å². The molecule has 2 N–H and O–H groups in total. The molecule has 0 saturated carbocycles. The van der Waals surface area contributed by atoms with E-state index in [0.29, 0.717) is 0 Å². The Morgan fingerprint density at radius 1 is 1.00 bits per heavy atom. The highest BCUT2D eigenvalue weighted by Gasteiger charge is 2.14. The van der Waals surface area contributed by atoms with Crippen LogP contribution in [0.4, 0.5) is 5.69 Å². The third-order valence-electron chi connectivity index (χ3n) is 4.33. The molecule has 0 unspecified atom stereocenters. The summed E-state index contributed by atoms with van der Waals surface area (Å²) in [6.45, 7) is 4.34. The van der Waals surface area contributed by atoms with Gasteiger partial charge in [0, 0.05) is 22.3 Å². The fourth-order valence-corrected chi connectivity index (χ4v) is 3.96. The monoisotopic (exact) mass is 333 g/mol. The number of hydrogen-bond donors (Lipinski definition) is 1. The third kappa shape index (κ3) is 2.49. The first-order valence-electron chi connectivity index (χ1n) is 8.09. The van der Waals surface area contributed by atoms with Gasteiger partial charge < -0.3 is 5.73 Å². The van der Waals surface area contributed by atoms with Crippen LogP contribution in [-0.4, -0.2) is 9.38 Å². The molecule has 0 aliphatic rings. The number of aromatic nitrogens is 2. The molecule has 0 amide bonds. The van der Waals surface area contributed by atoms with Gasteiger partial charge in [-0.1, -0.05) is 43.3 Å². The van der Waals surface area contributed by atoms with Crippen molar-refractivity contribution in [1.82, 2.24) is 9.38 Å². The quantitative estimate of drug-likeness (QED) is 0.525. The fraction of sp³-hybridized carbons (Fsp3) is 0.150. The molecule has 2 aromatic heterocycles. The van der Waals surface area contributed by atoms with Crippen LogP contribution in [0.3, 0.4) is 0 Å². The standard InChI is InChI=1S/C20H19N3S/c1-3-14-4-6-16(7-5-14)19-13(2)24-20-22-18(12-23(19)20)15-8-10-17(21)11-9-15/h4-12H,3,21H2,1-2H3. The molecule has 0 atom stereocenters. The molecule has 3 nitrogen and oxygen atoms in total. The van der Waals surface area contributed by atoms with Crippen LogP contribution in [0.1, 0.15) is 17.4 Å². The number of imidazole rings is 1. The van der Waals surface area contributed by atoms with Crippen LogP contribution in [0, 0.1) is 6.92 Å². The van der Waals surface area contributed by atoms with E-state index < -0.39 is 0 Å². The molecule has 0 aliphatic heterocycles. The molecule has 0 spiro atoms. The first-order chi connectivity index (χ1) is 11.7. The van der Waals surface area contributed by atoms with E-state index in [1.807, 2.05) is 24.3 Å². The molecule has 120 valence electrons. The van der Waals surface area contributed by atoms with Crippen LogP contribution in [0.2, 0.25) is 0 Å². The lowest BCUT2D eigenvalue weighted by Gasteiger charge is -2.04. The van der Waals surface area contributed by atoms with E-state index in [9.17, 15) is 0 Å². The van der Waals surface area contributed by atoms with Crippen molar-refractivity contribution in [2.24, 2.45) is 0 Å². The van der Waals surface area contributed by atoms with Crippen LogP contribution >= 0.6 is 11.3 Å². The first-order valence-corrected chi connectivity index (χ1v) is 8.91. The van der Waals surface area contributed by atoms with Crippen molar-refractivity contribution in [1.29, 1.82) is 0 Å². The zero-order valence-electron chi connectivity index (χ0n) is 13.8. The third-order valence-corrected chi connectivity index (χ3v) is 5.30. The van der Waals surface area contributed by atoms with Gasteiger partial charge >= 0.3 is 0 Å². The molecule has 24 heavy (non-hydrogen) atoms. The summed E-state index contributed by atoms with van der Waals surface area (Å²) in [5, 5.41) is 0. The van der Waals surface area contributed by atoms with Crippen molar-refractivity contribution < 1.29 is 0 Å². The molecule has 2 aromatic carbocycles. The maximum absolute atomic E-state index is 5.78. The van der Waals surface area contributed by atoms with Gasteiger partial charge in [-0.15, -0.1) is 11.3 Å². The maximum atomic E-state index is 5.78. The smallest absolute Gasteiger partial charge is 0.194 e. The SMILES string of the molecule is CCc1ccc(-c2c(C)sc3nc(-c4ccc(N)cc4)cn23)cc1. The van der Waals surface area contributed by atoms with Gasteiger partial charge in [0.1, 0.15) is 0 Å². The van der Waals surface area contributed by atoms with Gasteiger partial charge in [-0.3, -0.25) is 4.40 Å². The number of benzene rings is 2. The molecular weight excluding hydrogens is 314 g/mol. The van der Waals surface area contributed by atoms with Crippen LogP contribution in [0.5, 0.6) is 0 Å². The molecule has 0 fully saturated rings. The Labute approximate surface area is 145 Å². The van der Waals surface area contributed by atoms with Crippen molar-refractivity contribution >= 4 is 22.0 Å². The number of nitrogens with zero attached hydrogens (tertiary/aromatic N) is 2. The number of rotatable bonds is 3. The Bertz CT molecular complexity index is 992. The summed E-state index contributed by atoms with van der Waals surface area (Å²) in [6, 6.07) is 16.7. The van der Waals surface area contributed by atoms with Crippen LogP contribution in [0.15, 0.2) is 54.7 Å². The normalized spacial score (nSPS) is 11.2. The summed E-state index contributed by atoms with van der Waals surface area (Å²) >= 11 is 1.73. The zero-order chi connectivity index (χ0) is 16.7. The molecule has 0 radical (unpaired) electrons. The van der Waals surface area contributed by atoms with E-state index in [2.05, 4.69) is 48.7 Å². The summed E-state index contributed by atoms with van der Waals surface area (Å²) in [5.74, 6) is 0. The van der Waals surface area contributed by atoms with Gasteiger partial charge in [-0.2, -0.15) is 0 Å². The largest absolute Gasteiger partial charge is 0.399 e. The van der Waals surface area contributed by atoms with E-state index in [1.54, 1.807) is 11.3 Å². The zero-order valence-corrected chi connectivity index (χ0v) is 14.6. The van der Waals surface area contributed by atoms with Crippen molar-refractivity contribution in [3.63, 3.8) is 0 Å². The van der Waals surface area contributed by atoms with E-state index >= 15 is 0 Å². The highest BCUT2D eigenvalue weighted by Crippen LogP contribution is 2.33. The molecule has 4 rings (SSSR count). The number of aryl methyl sites for hydroxylation is 2. The summed E-state index contributed by atoms with van der Waals surface area (Å²) < 4.78 is 2.20. The van der Waals surface area contributed by atoms with Crippen LogP contribution in [-0.2, 0) is 6.42 Å². The second-order valence-electron chi connectivity index (χ2n) is 5.96. The highest BCUT2D eigenvalue weighted by atomic mass is 32.1. The minimum absolute atomic E-state index is 0.771. The minimum Gasteiger partial charge on any atom is -0.399 e. The van der Waals surface area contributed by atoms with Crippen molar-refractivity contribution in [3.8, 4) is 22.5 Å². The van der Waals surface area contributed by atoms with Crippen molar-refractivity contribution in [2.45, 2.75) is 20.3 Å². The van der Waals surface area contributed by atoms with E-state index in [1.165, 1.54) is 21.7 Å². The van der Waals surface area contributed by atoms with E-state index in [-0.39, 0.29) is 0 Å². The van der Waals surface area contributed by atoms with Gasteiger partial charge in [0.2, 0.25) is 0 Å². The lowest BCUT2D eigenvalue weighted by Crippen LogP contribution is -1.88. The molecule has 2 heterocycles. The van der Waals surface area contributed by atoms with Gasteiger partial charge in [-0.05, 0) is 36.6 Å². The molecular formula is C20H19N3S. The summed E-state index contributed by atoms with van der Waals surface area (Å²) in [6.07, 6.45) is 3.18. The lowest BCUT2D eigenvalue weighted by molar-refractivity contribution is 1.14. The Morgan fingerprint density at radius 2 is 1.67 bits per heavy atom. The van der Waals surface area contributed by atoms with Crippen LogP contribution in [0.25, 0.3) is 27.5 Å². The summed E-state index contributed by atoms with van der Waals surface area (Å²) in [5.41, 5.74) is 12.4. The molecule has 4 aromatic rings. The number of anilines is 1. The lowest BCUT2D eigenvalue weighted by atomic mass is 10.1. The minimum atomic E-state index is 0.771. The fourth-order valence-electron chi connectivity index (χ4n) is 2.98. The summed E-state index contributed by atoms with van der Waals surface area (Å²) in [7, 11) is 0. The molecule has 0 bridgehead atoms. The predicted octanol–water partition coefficient (Wildman–Crippen LogP) is 5.18. The Morgan fingerprint density at radius 3 is 2.33 bits per heavy atom. The van der Waals surface area contributed by atoms with Gasteiger partial charge in [0.05, 0.1) is 11.4 Å². The molecule has 4 heteroatoms. The van der Waals surface area contributed by atoms with Gasteiger partial charge in [-0.25, -0.2) is 4.98 Å². The number of thiazole rings is 1. The predicted molar refractivity (Wildman–Crippen MR) is 102 cm³/mol. The maximum Gasteiger partial charge on any atom is 0.194 e. The van der Waals surface area contributed by atoms with Crippen molar-refractivity contribution in [3.05, 3.63) is 65.2 Å². The van der Waals surface area contributed by atoms with E-state index in [4.69, 9.17) is 10.7 Å². The van der Waals surface area contributed by atoms with E-state index in [0.717, 1.165) is 28.3 Å². The number of nitrogens with two attached hydrogens (primary N) is 1. The molecule has 0 saturated heterocycles. The average molecular weight is 333 g/mol. The highest BCUT2D eigenvalue weighted by molar-refractivity contribution is 7.17. The topological polar surface area (TPSA) is 43.3 Å². The summed E-state index contributed by atoms with van der Waals surface area (Å²) in [4.78, 5) is 7.10. The second kappa shape index (κ2) is 5.80. The number of hydrogen-bond acceptors (Lipinski definition) is 3. The van der Waals surface area contributed by atoms with Gasteiger partial charge in [0.15, 0.2) is 4.96 Å². The molecule has 0 aliphatic carbocycles. The first kappa shape index (κ1) is 15.0. The Hall–Kier alpha value is -2.59. The number of nitrogen functional groups attached to an aromatic ring is 1.